The third-order valence-electron chi connectivity index (χ3n) is 6.24. The number of hydrogen-bond acceptors (Lipinski definition) is 3. The second kappa shape index (κ2) is 10.4. The van der Waals surface area contributed by atoms with Crippen LogP contribution in [-0.2, 0) is 17.6 Å². The van der Waals surface area contributed by atoms with Gasteiger partial charge < -0.3 is 9.64 Å². The van der Waals surface area contributed by atoms with Crippen molar-refractivity contribution in [1.82, 2.24) is 9.88 Å². The summed E-state index contributed by atoms with van der Waals surface area (Å²) in [7, 11) is 1.66. The number of nitrogens with zero attached hydrogens (tertiary/aromatic N) is 2. The molecule has 1 aromatic heterocycles. The van der Waals surface area contributed by atoms with Gasteiger partial charge in [-0.25, -0.2) is 4.39 Å². The van der Waals surface area contributed by atoms with Gasteiger partial charge in [-0.2, -0.15) is 0 Å². The fraction of sp³-hybridized carbons (Fsp3) is 0.333. The van der Waals surface area contributed by atoms with Crippen LogP contribution in [-0.4, -0.2) is 36.0 Å². The van der Waals surface area contributed by atoms with E-state index >= 15 is 0 Å². The second-order valence-corrected chi connectivity index (χ2v) is 8.36. The summed E-state index contributed by atoms with van der Waals surface area (Å²) in [5.74, 6) is 1.21. The first-order chi connectivity index (χ1) is 15.6. The number of carbonyl (C=O) groups excluding carboxylic acids is 1. The van der Waals surface area contributed by atoms with Crippen LogP contribution in [0, 0.1) is 5.82 Å². The molecule has 4 rings (SSSR count). The zero-order valence-corrected chi connectivity index (χ0v) is 18.5. The molecule has 32 heavy (non-hydrogen) atoms. The highest BCUT2D eigenvalue weighted by Crippen LogP contribution is 2.28. The van der Waals surface area contributed by atoms with Crippen molar-refractivity contribution < 1.29 is 13.9 Å². The molecule has 1 saturated heterocycles. The van der Waals surface area contributed by atoms with E-state index in [4.69, 9.17) is 4.74 Å². The van der Waals surface area contributed by atoms with Crippen LogP contribution in [0.2, 0.25) is 0 Å². The van der Waals surface area contributed by atoms with Gasteiger partial charge in [0.1, 0.15) is 11.6 Å². The molecule has 1 amide bonds. The molecule has 0 radical (unpaired) electrons. The van der Waals surface area contributed by atoms with Gasteiger partial charge in [-0.15, -0.1) is 0 Å². The predicted molar refractivity (Wildman–Crippen MR) is 123 cm³/mol. The van der Waals surface area contributed by atoms with Crippen LogP contribution in [0.15, 0.2) is 66.9 Å². The first-order valence-corrected chi connectivity index (χ1v) is 11.2. The van der Waals surface area contributed by atoms with E-state index in [1.807, 2.05) is 47.5 Å². The van der Waals surface area contributed by atoms with Crippen molar-refractivity contribution in [2.75, 3.05) is 20.2 Å². The first kappa shape index (κ1) is 22.0. The van der Waals surface area contributed by atoms with Gasteiger partial charge in [0, 0.05) is 37.3 Å². The Bertz CT molecular complexity index is 1030. The molecule has 2 heterocycles. The molecule has 0 N–H and O–H groups in total. The third-order valence-corrected chi connectivity index (χ3v) is 6.24. The van der Waals surface area contributed by atoms with E-state index in [-0.39, 0.29) is 11.7 Å². The number of rotatable bonds is 7. The molecular formula is C27H29FN2O2. The Hall–Kier alpha value is -3.21. The summed E-state index contributed by atoms with van der Waals surface area (Å²) < 4.78 is 18.5. The Morgan fingerprint density at radius 3 is 2.44 bits per heavy atom. The number of amides is 1. The number of likely N-dealkylation sites (tertiary alicyclic amines) is 1. The summed E-state index contributed by atoms with van der Waals surface area (Å²) in [6, 6.07) is 18.7. The lowest BCUT2D eigenvalue weighted by Crippen LogP contribution is -2.38. The zero-order chi connectivity index (χ0) is 22.3. The van der Waals surface area contributed by atoms with Crippen molar-refractivity contribution in [3.8, 4) is 5.75 Å². The van der Waals surface area contributed by atoms with Crippen molar-refractivity contribution >= 4 is 5.91 Å². The highest BCUT2D eigenvalue weighted by atomic mass is 19.1. The van der Waals surface area contributed by atoms with Crippen LogP contribution in [0.3, 0.4) is 0 Å². The molecular weight excluding hydrogens is 403 g/mol. The molecule has 5 heteroatoms. The Morgan fingerprint density at radius 2 is 1.75 bits per heavy atom. The summed E-state index contributed by atoms with van der Waals surface area (Å²) in [6.07, 6.45) is 5.73. The highest BCUT2D eigenvalue weighted by Gasteiger charge is 2.24. The molecule has 166 valence electrons. The number of benzene rings is 2. The number of aromatic nitrogens is 1. The lowest BCUT2D eigenvalue weighted by atomic mass is 9.92. The smallest absolute Gasteiger partial charge is 0.222 e. The molecule has 4 nitrogen and oxygen atoms in total. The largest absolute Gasteiger partial charge is 0.496 e. The van der Waals surface area contributed by atoms with Crippen molar-refractivity contribution in [2.24, 2.45) is 0 Å². The van der Waals surface area contributed by atoms with Gasteiger partial charge in [0.2, 0.25) is 5.91 Å². The summed E-state index contributed by atoms with van der Waals surface area (Å²) in [5, 5.41) is 0. The van der Waals surface area contributed by atoms with E-state index in [9.17, 15) is 9.18 Å². The lowest BCUT2D eigenvalue weighted by Gasteiger charge is -2.32. The summed E-state index contributed by atoms with van der Waals surface area (Å²) in [6.45, 7) is 1.54. The predicted octanol–water partition coefficient (Wildman–Crippen LogP) is 5.16. The fourth-order valence-corrected chi connectivity index (χ4v) is 4.35. The number of aryl methyl sites for hydroxylation is 1. The number of pyridine rings is 1. The van der Waals surface area contributed by atoms with Gasteiger partial charge in [-0.05, 0) is 66.6 Å². The monoisotopic (exact) mass is 432 g/mol. The topological polar surface area (TPSA) is 42.4 Å². The zero-order valence-electron chi connectivity index (χ0n) is 18.5. The number of hydrogen-bond donors (Lipinski definition) is 0. The van der Waals surface area contributed by atoms with Crippen molar-refractivity contribution in [2.45, 2.75) is 38.0 Å². The molecule has 1 fully saturated rings. The Labute approximate surface area is 189 Å². The minimum Gasteiger partial charge on any atom is -0.496 e. The van der Waals surface area contributed by atoms with Crippen LogP contribution >= 0.6 is 0 Å². The van der Waals surface area contributed by atoms with Crippen LogP contribution < -0.4 is 4.74 Å². The molecule has 0 atom stereocenters. The first-order valence-electron chi connectivity index (χ1n) is 11.2. The average molecular weight is 433 g/mol. The van der Waals surface area contributed by atoms with Gasteiger partial charge in [0.05, 0.1) is 7.11 Å². The van der Waals surface area contributed by atoms with Crippen LogP contribution in [0.5, 0.6) is 5.75 Å². The molecule has 1 aliphatic rings. The molecule has 0 aliphatic carbocycles. The number of ether oxygens (including phenoxy) is 1. The van der Waals surface area contributed by atoms with E-state index in [1.165, 1.54) is 12.1 Å². The number of halogens is 1. The molecule has 0 unspecified atom stereocenters. The highest BCUT2D eigenvalue weighted by molar-refractivity contribution is 5.76. The number of piperidine rings is 1. The van der Waals surface area contributed by atoms with Gasteiger partial charge in [0.25, 0.3) is 0 Å². The summed E-state index contributed by atoms with van der Waals surface area (Å²) >= 11 is 0. The van der Waals surface area contributed by atoms with Crippen molar-refractivity contribution in [3.05, 3.63) is 95.1 Å². The quantitative estimate of drug-likeness (QED) is 0.518. The maximum Gasteiger partial charge on any atom is 0.222 e. The van der Waals surface area contributed by atoms with E-state index in [0.717, 1.165) is 60.5 Å². The maximum absolute atomic E-state index is 13.1. The van der Waals surface area contributed by atoms with Crippen LogP contribution in [0.4, 0.5) is 4.39 Å². The minimum absolute atomic E-state index is 0.206. The second-order valence-electron chi connectivity index (χ2n) is 8.36. The molecule has 0 spiro atoms. The van der Waals surface area contributed by atoms with Gasteiger partial charge in [-0.1, -0.05) is 36.4 Å². The number of methoxy groups -OCH3 is 1. The SMILES string of the molecule is COc1ccccc1CCC(=O)N1CCC(c2ccc(Cc3ccc(F)cc3)cn2)CC1. The third kappa shape index (κ3) is 5.52. The van der Waals surface area contributed by atoms with E-state index in [1.54, 1.807) is 7.11 Å². The van der Waals surface area contributed by atoms with E-state index < -0.39 is 0 Å². The van der Waals surface area contributed by atoms with Crippen molar-refractivity contribution in [3.63, 3.8) is 0 Å². The van der Waals surface area contributed by atoms with Gasteiger partial charge in [0.15, 0.2) is 0 Å². The van der Waals surface area contributed by atoms with E-state index in [0.29, 0.717) is 18.8 Å². The Balaban J connectivity index is 1.26. The Morgan fingerprint density at radius 1 is 1.03 bits per heavy atom. The molecule has 0 bridgehead atoms. The van der Waals surface area contributed by atoms with Gasteiger partial charge in [-0.3, -0.25) is 9.78 Å². The fourth-order valence-electron chi connectivity index (χ4n) is 4.35. The molecule has 0 saturated carbocycles. The van der Waals surface area contributed by atoms with Crippen LogP contribution in [0.1, 0.15) is 47.6 Å². The van der Waals surface area contributed by atoms with Gasteiger partial charge >= 0.3 is 0 Å². The Kier molecular flexibility index (Phi) is 7.15. The maximum atomic E-state index is 13.1. The summed E-state index contributed by atoms with van der Waals surface area (Å²) in [4.78, 5) is 19.4. The van der Waals surface area contributed by atoms with Crippen LogP contribution in [0.25, 0.3) is 0 Å². The lowest BCUT2D eigenvalue weighted by molar-refractivity contribution is -0.132. The summed E-state index contributed by atoms with van der Waals surface area (Å²) in [5.41, 5.74) is 4.35. The molecule has 2 aromatic carbocycles. The average Bonchev–Trinajstić information content (AvgIpc) is 2.85. The van der Waals surface area contributed by atoms with E-state index in [2.05, 4.69) is 17.1 Å². The normalized spacial score (nSPS) is 14.4. The minimum atomic E-state index is -0.216. The van der Waals surface area contributed by atoms with Crippen molar-refractivity contribution in [1.29, 1.82) is 0 Å². The number of carbonyl (C=O) groups is 1. The molecule has 3 aromatic rings. The standard InChI is InChI=1S/C27H29FN2O2/c1-32-26-5-3-2-4-23(26)9-13-27(31)30-16-14-22(15-17-30)25-12-8-21(19-29-25)18-20-6-10-24(28)11-7-20/h2-8,10-12,19,22H,9,13-18H2,1H3. The molecule has 1 aliphatic heterocycles. The number of para-hydroxylation sites is 1.